The Bertz CT molecular complexity index is 1010. The van der Waals surface area contributed by atoms with Gasteiger partial charge >= 0.3 is 0 Å². The highest BCUT2D eigenvalue weighted by Crippen LogP contribution is 2.37. The molecule has 2 aromatic carbocycles. The van der Waals surface area contributed by atoms with Gasteiger partial charge in [0, 0.05) is 28.7 Å². The third-order valence-electron chi connectivity index (χ3n) is 4.39. The van der Waals surface area contributed by atoms with E-state index in [9.17, 15) is 0 Å². The molecule has 0 atom stereocenters. The lowest BCUT2D eigenvalue weighted by molar-refractivity contribution is 0.657. The summed E-state index contributed by atoms with van der Waals surface area (Å²) in [6.45, 7) is 6.50. The number of hydrogen-bond donors (Lipinski definition) is 0. The topological polar surface area (TPSA) is 26.0 Å². The first-order valence-corrected chi connectivity index (χ1v) is 8.01. The maximum atomic E-state index is 6.33. The normalized spacial score (nSPS) is 11.7. The number of nitrogens with zero attached hydrogens (tertiary/aromatic N) is 1. The number of furan rings is 1. The number of benzene rings is 2. The number of para-hydroxylation sites is 1. The van der Waals surface area contributed by atoms with Crippen molar-refractivity contribution >= 4 is 21.9 Å². The lowest BCUT2D eigenvalue weighted by atomic mass is 10.00. The van der Waals surface area contributed by atoms with Gasteiger partial charge < -0.3 is 4.42 Å². The minimum Gasteiger partial charge on any atom is -0.455 e. The van der Waals surface area contributed by atoms with Gasteiger partial charge in [-0.1, -0.05) is 61.9 Å². The van der Waals surface area contributed by atoms with Gasteiger partial charge in [-0.3, -0.25) is 4.98 Å². The van der Waals surface area contributed by atoms with Crippen molar-refractivity contribution in [1.82, 2.24) is 4.98 Å². The average Bonchev–Trinajstić information content (AvgIpc) is 2.93. The molecule has 0 aliphatic carbocycles. The molecule has 0 fully saturated rings. The molecule has 114 valence electrons. The summed E-state index contributed by atoms with van der Waals surface area (Å²) < 4.78 is 6.33. The Balaban J connectivity index is 2.08. The predicted molar refractivity (Wildman–Crippen MR) is 95.8 cm³/mol. The van der Waals surface area contributed by atoms with Crippen LogP contribution in [0.25, 0.3) is 33.1 Å². The summed E-state index contributed by atoms with van der Waals surface area (Å²) in [6.07, 6.45) is 3.80. The zero-order chi connectivity index (χ0) is 16.0. The molecule has 2 heteroatoms. The summed E-state index contributed by atoms with van der Waals surface area (Å²) >= 11 is 0. The molecule has 2 nitrogen and oxygen atoms in total. The molecule has 23 heavy (non-hydrogen) atoms. The van der Waals surface area contributed by atoms with Crippen LogP contribution in [0.4, 0.5) is 0 Å². The van der Waals surface area contributed by atoms with Gasteiger partial charge in [-0.15, -0.1) is 0 Å². The van der Waals surface area contributed by atoms with Gasteiger partial charge in [-0.2, -0.15) is 0 Å². The van der Waals surface area contributed by atoms with Gasteiger partial charge in [0.2, 0.25) is 0 Å². The largest absolute Gasteiger partial charge is 0.455 e. The first-order valence-electron chi connectivity index (χ1n) is 8.01. The van der Waals surface area contributed by atoms with E-state index in [1.165, 1.54) is 11.1 Å². The van der Waals surface area contributed by atoms with Crippen molar-refractivity contribution in [3.05, 3.63) is 66.0 Å². The molecular formula is C21H19NO. The van der Waals surface area contributed by atoms with Crippen molar-refractivity contribution in [1.29, 1.82) is 0 Å². The third kappa shape index (κ3) is 2.22. The molecule has 2 aromatic heterocycles. The average molecular weight is 301 g/mol. The van der Waals surface area contributed by atoms with E-state index in [4.69, 9.17) is 4.42 Å². The maximum absolute atomic E-state index is 6.33. The Morgan fingerprint density at radius 3 is 2.52 bits per heavy atom. The molecule has 0 radical (unpaired) electrons. The molecule has 4 rings (SSSR count). The Hall–Kier alpha value is -2.61. The molecule has 4 aromatic rings. The standard InChI is InChI=1S/C21H19NO/c1-13(2)16-8-5-9-17-19-12-22-11-18(21(19)23-20(16)17)15-7-4-6-14(3)10-15/h4-13H,1-3H3. The van der Waals surface area contributed by atoms with Crippen LogP contribution in [0, 0.1) is 6.92 Å². The molecule has 0 N–H and O–H groups in total. The second kappa shape index (κ2) is 5.24. The van der Waals surface area contributed by atoms with E-state index >= 15 is 0 Å². The highest BCUT2D eigenvalue weighted by molar-refractivity contribution is 6.09. The zero-order valence-corrected chi connectivity index (χ0v) is 13.6. The number of hydrogen-bond acceptors (Lipinski definition) is 2. The quantitative estimate of drug-likeness (QED) is 0.448. The fourth-order valence-corrected chi connectivity index (χ4v) is 3.21. The number of rotatable bonds is 2. The van der Waals surface area contributed by atoms with Crippen molar-refractivity contribution in [2.24, 2.45) is 0 Å². The number of aryl methyl sites for hydroxylation is 1. The summed E-state index contributed by atoms with van der Waals surface area (Å²) in [7, 11) is 0. The van der Waals surface area contributed by atoms with Gasteiger partial charge in [0.1, 0.15) is 11.2 Å². The van der Waals surface area contributed by atoms with E-state index in [-0.39, 0.29) is 0 Å². The van der Waals surface area contributed by atoms with Crippen molar-refractivity contribution in [3.63, 3.8) is 0 Å². The van der Waals surface area contributed by atoms with Gasteiger partial charge in [0.05, 0.1) is 0 Å². The van der Waals surface area contributed by atoms with Crippen LogP contribution in [0.2, 0.25) is 0 Å². The first-order chi connectivity index (χ1) is 11.1. The SMILES string of the molecule is Cc1cccc(-c2cncc3c2oc2c(C(C)C)cccc23)c1. The summed E-state index contributed by atoms with van der Waals surface area (Å²) in [4.78, 5) is 4.46. The molecule has 0 saturated carbocycles. The number of pyridine rings is 1. The van der Waals surface area contributed by atoms with Crippen LogP contribution in [0.15, 0.2) is 59.3 Å². The van der Waals surface area contributed by atoms with E-state index in [1.807, 2.05) is 12.4 Å². The van der Waals surface area contributed by atoms with Crippen molar-refractivity contribution in [2.45, 2.75) is 26.7 Å². The number of fused-ring (bicyclic) bond motifs is 3. The van der Waals surface area contributed by atoms with Crippen LogP contribution in [-0.4, -0.2) is 4.98 Å². The molecule has 0 saturated heterocycles. The van der Waals surface area contributed by atoms with Crippen LogP contribution >= 0.6 is 0 Å². The van der Waals surface area contributed by atoms with Crippen molar-refractivity contribution < 1.29 is 4.42 Å². The number of aromatic nitrogens is 1. The molecule has 2 heterocycles. The van der Waals surface area contributed by atoms with E-state index in [0.29, 0.717) is 5.92 Å². The molecule has 0 spiro atoms. The summed E-state index contributed by atoms with van der Waals surface area (Å²) in [5.74, 6) is 0.426. The van der Waals surface area contributed by atoms with Crippen LogP contribution in [0.1, 0.15) is 30.9 Å². The molecule has 0 aliphatic heterocycles. The molecule has 0 bridgehead atoms. The van der Waals surface area contributed by atoms with Crippen molar-refractivity contribution in [3.8, 4) is 11.1 Å². The Kier molecular flexibility index (Phi) is 3.19. The van der Waals surface area contributed by atoms with Gasteiger partial charge in [-0.05, 0) is 24.0 Å². The lowest BCUT2D eigenvalue weighted by Gasteiger charge is -2.04. The second-order valence-electron chi connectivity index (χ2n) is 6.41. The molecule has 0 aliphatic rings. The van der Waals surface area contributed by atoms with E-state index in [0.717, 1.165) is 33.1 Å². The Labute approximate surface area is 135 Å². The first kappa shape index (κ1) is 14.0. The van der Waals surface area contributed by atoms with Crippen LogP contribution in [-0.2, 0) is 0 Å². The van der Waals surface area contributed by atoms with Gasteiger partial charge in [0.15, 0.2) is 0 Å². The van der Waals surface area contributed by atoms with Gasteiger partial charge in [0.25, 0.3) is 0 Å². The van der Waals surface area contributed by atoms with Crippen LogP contribution in [0.5, 0.6) is 0 Å². The monoisotopic (exact) mass is 301 g/mol. The lowest BCUT2D eigenvalue weighted by Crippen LogP contribution is -1.86. The summed E-state index contributed by atoms with van der Waals surface area (Å²) in [5.41, 5.74) is 6.59. The van der Waals surface area contributed by atoms with E-state index in [2.05, 4.69) is 68.2 Å². The predicted octanol–water partition coefficient (Wildman–Crippen LogP) is 6.08. The maximum Gasteiger partial charge on any atom is 0.146 e. The van der Waals surface area contributed by atoms with E-state index < -0.39 is 0 Å². The van der Waals surface area contributed by atoms with E-state index in [1.54, 1.807) is 0 Å². The summed E-state index contributed by atoms with van der Waals surface area (Å²) in [5, 5.41) is 2.23. The highest BCUT2D eigenvalue weighted by atomic mass is 16.3. The molecule has 0 unspecified atom stereocenters. The minimum atomic E-state index is 0.426. The zero-order valence-electron chi connectivity index (χ0n) is 13.6. The molecular weight excluding hydrogens is 282 g/mol. The smallest absolute Gasteiger partial charge is 0.146 e. The fraction of sp³-hybridized carbons (Fsp3) is 0.190. The second-order valence-corrected chi connectivity index (χ2v) is 6.41. The summed E-state index contributed by atoms with van der Waals surface area (Å²) in [6, 6.07) is 14.8. The Morgan fingerprint density at radius 2 is 1.74 bits per heavy atom. The van der Waals surface area contributed by atoms with Crippen LogP contribution < -0.4 is 0 Å². The third-order valence-corrected chi connectivity index (χ3v) is 4.39. The Morgan fingerprint density at radius 1 is 0.913 bits per heavy atom. The highest BCUT2D eigenvalue weighted by Gasteiger charge is 2.16. The fourth-order valence-electron chi connectivity index (χ4n) is 3.21. The van der Waals surface area contributed by atoms with Crippen molar-refractivity contribution in [2.75, 3.05) is 0 Å². The minimum absolute atomic E-state index is 0.426. The van der Waals surface area contributed by atoms with Gasteiger partial charge in [-0.25, -0.2) is 0 Å². The van der Waals surface area contributed by atoms with Crippen LogP contribution in [0.3, 0.4) is 0 Å². The molecule has 0 amide bonds.